The van der Waals surface area contributed by atoms with Crippen molar-refractivity contribution in [2.75, 3.05) is 19.7 Å². The van der Waals surface area contributed by atoms with E-state index < -0.39 is 6.04 Å². The molecule has 1 amide bonds. The van der Waals surface area contributed by atoms with Crippen molar-refractivity contribution in [1.82, 2.24) is 4.90 Å². The van der Waals surface area contributed by atoms with Crippen LogP contribution in [0.25, 0.3) is 0 Å². The third kappa shape index (κ3) is 3.55. The zero-order valence-electron chi connectivity index (χ0n) is 12.7. The zero-order chi connectivity index (χ0) is 16.2. The van der Waals surface area contributed by atoms with Gasteiger partial charge in [0.25, 0.3) is 0 Å². The summed E-state index contributed by atoms with van der Waals surface area (Å²) in [6.07, 6.45) is -0.164. The highest BCUT2D eigenvalue weighted by molar-refractivity contribution is 6.31. The smallest absolute Gasteiger partial charge is 0.239 e. The molecule has 1 aliphatic heterocycles. The van der Waals surface area contributed by atoms with Gasteiger partial charge in [0.2, 0.25) is 5.91 Å². The number of ether oxygens (including phenoxy) is 1. The van der Waals surface area contributed by atoms with Gasteiger partial charge in [0.1, 0.15) is 6.04 Å². The minimum atomic E-state index is -0.454. The van der Waals surface area contributed by atoms with Crippen LogP contribution in [0.15, 0.2) is 54.6 Å². The maximum absolute atomic E-state index is 12.0. The van der Waals surface area contributed by atoms with E-state index in [4.69, 9.17) is 22.1 Å². The van der Waals surface area contributed by atoms with Gasteiger partial charge in [-0.2, -0.15) is 0 Å². The zero-order valence-corrected chi connectivity index (χ0v) is 13.4. The average Bonchev–Trinajstić information content (AvgIpc) is 2.56. The first-order valence-corrected chi connectivity index (χ1v) is 7.99. The molecule has 1 aliphatic rings. The normalized spacial score (nSPS) is 20.1. The molecule has 0 bridgehead atoms. The number of carbonyl (C=O) groups is 1. The number of primary amides is 1. The number of nitrogens with zero attached hydrogens (tertiary/aromatic N) is 1. The SMILES string of the molecule is NC(=O)C(c1ccccc1)N1CCOC(c2ccccc2Cl)C1. The van der Waals surface area contributed by atoms with Gasteiger partial charge in [0.15, 0.2) is 0 Å². The minimum absolute atomic E-state index is 0.164. The Kier molecular flexibility index (Phi) is 4.96. The van der Waals surface area contributed by atoms with Crippen LogP contribution in [-0.4, -0.2) is 30.5 Å². The second kappa shape index (κ2) is 7.13. The van der Waals surface area contributed by atoms with Crippen molar-refractivity contribution in [3.63, 3.8) is 0 Å². The second-order valence-corrected chi connectivity index (χ2v) is 6.00. The summed E-state index contributed by atoms with van der Waals surface area (Å²) in [5, 5.41) is 0.676. The van der Waals surface area contributed by atoms with Crippen LogP contribution in [0.2, 0.25) is 5.02 Å². The van der Waals surface area contributed by atoms with Gasteiger partial charge in [0, 0.05) is 23.7 Å². The third-order valence-electron chi connectivity index (χ3n) is 4.10. The molecule has 1 fully saturated rings. The first kappa shape index (κ1) is 16.0. The van der Waals surface area contributed by atoms with Crippen LogP contribution in [0.3, 0.4) is 0 Å². The number of morpholine rings is 1. The van der Waals surface area contributed by atoms with Crippen LogP contribution in [-0.2, 0) is 9.53 Å². The molecule has 120 valence electrons. The van der Waals surface area contributed by atoms with E-state index in [0.717, 1.165) is 11.1 Å². The molecule has 2 N–H and O–H groups in total. The Morgan fingerprint density at radius 1 is 1.17 bits per heavy atom. The number of rotatable bonds is 4. The third-order valence-corrected chi connectivity index (χ3v) is 4.44. The largest absolute Gasteiger partial charge is 0.371 e. The van der Waals surface area contributed by atoms with Gasteiger partial charge in [0.05, 0.1) is 12.7 Å². The molecule has 0 spiro atoms. The lowest BCUT2D eigenvalue weighted by atomic mass is 10.0. The fourth-order valence-electron chi connectivity index (χ4n) is 3.02. The lowest BCUT2D eigenvalue weighted by Gasteiger charge is -2.37. The molecule has 2 unspecified atom stereocenters. The number of halogens is 1. The van der Waals surface area contributed by atoms with Gasteiger partial charge in [-0.25, -0.2) is 0 Å². The molecule has 0 radical (unpaired) electrons. The molecule has 1 heterocycles. The van der Waals surface area contributed by atoms with Crippen LogP contribution in [0.1, 0.15) is 23.3 Å². The van der Waals surface area contributed by atoms with Gasteiger partial charge in [-0.05, 0) is 11.6 Å². The first-order valence-electron chi connectivity index (χ1n) is 7.61. The Hall–Kier alpha value is -1.88. The van der Waals surface area contributed by atoms with Crippen molar-refractivity contribution in [2.24, 2.45) is 5.73 Å². The van der Waals surface area contributed by atoms with Crippen LogP contribution in [0.4, 0.5) is 0 Å². The maximum atomic E-state index is 12.0. The predicted molar refractivity (Wildman–Crippen MR) is 90.1 cm³/mol. The van der Waals surface area contributed by atoms with Crippen molar-refractivity contribution in [2.45, 2.75) is 12.1 Å². The minimum Gasteiger partial charge on any atom is -0.371 e. The van der Waals surface area contributed by atoms with E-state index in [2.05, 4.69) is 4.90 Å². The summed E-state index contributed by atoms with van der Waals surface area (Å²) in [5.74, 6) is -0.351. The van der Waals surface area contributed by atoms with Gasteiger partial charge >= 0.3 is 0 Å². The number of hydrogen-bond donors (Lipinski definition) is 1. The number of hydrogen-bond acceptors (Lipinski definition) is 3. The summed E-state index contributed by atoms with van der Waals surface area (Å²) in [6, 6.07) is 16.8. The molecule has 1 saturated heterocycles. The lowest BCUT2D eigenvalue weighted by molar-refractivity contribution is -0.127. The van der Waals surface area contributed by atoms with E-state index in [1.165, 1.54) is 0 Å². The molecule has 23 heavy (non-hydrogen) atoms. The van der Waals surface area contributed by atoms with Crippen LogP contribution in [0.5, 0.6) is 0 Å². The standard InChI is InChI=1S/C18H19ClN2O2/c19-15-9-5-4-8-14(15)16-12-21(10-11-23-16)17(18(20)22)13-6-2-1-3-7-13/h1-9,16-17H,10-12H2,(H2,20,22). The van der Waals surface area contributed by atoms with E-state index in [1.54, 1.807) is 0 Å². The number of carbonyl (C=O) groups excluding carboxylic acids is 1. The van der Waals surface area contributed by atoms with Gasteiger partial charge in [-0.3, -0.25) is 9.69 Å². The Labute approximate surface area is 140 Å². The molecule has 0 aliphatic carbocycles. The fourth-order valence-corrected chi connectivity index (χ4v) is 3.28. The van der Waals surface area contributed by atoms with Crippen LogP contribution in [0, 0.1) is 0 Å². The van der Waals surface area contributed by atoms with E-state index in [9.17, 15) is 4.79 Å². The highest BCUT2D eigenvalue weighted by atomic mass is 35.5. The highest BCUT2D eigenvalue weighted by Crippen LogP contribution is 2.31. The molecule has 3 rings (SSSR count). The summed E-state index contributed by atoms with van der Waals surface area (Å²) in [5.41, 5.74) is 7.51. The molecule has 5 heteroatoms. The molecule has 2 aromatic carbocycles. The maximum Gasteiger partial charge on any atom is 0.239 e. The highest BCUT2D eigenvalue weighted by Gasteiger charge is 2.32. The Balaban J connectivity index is 1.84. The molecular formula is C18H19ClN2O2. The summed E-state index contributed by atoms with van der Waals surface area (Å²) in [4.78, 5) is 14.1. The molecule has 2 aromatic rings. The van der Waals surface area contributed by atoms with Gasteiger partial charge in [-0.15, -0.1) is 0 Å². The number of amides is 1. The predicted octanol–water partition coefficient (Wildman–Crippen LogP) is 2.94. The van der Waals surface area contributed by atoms with Gasteiger partial charge < -0.3 is 10.5 Å². The molecular weight excluding hydrogens is 312 g/mol. The summed E-state index contributed by atoms with van der Waals surface area (Å²) >= 11 is 6.27. The molecule has 0 aromatic heterocycles. The van der Waals surface area contributed by atoms with Crippen molar-refractivity contribution in [3.8, 4) is 0 Å². The summed E-state index contributed by atoms with van der Waals surface area (Å²) < 4.78 is 5.86. The number of benzene rings is 2. The average molecular weight is 331 g/mol. The quantitative estimate of drug-likeness (QED) is 0.937. The van der Waals surface area contributed by atoms with Crippen LogP contribution >= 0.6 is 11.6 Å². The van der Waals surface area contributed by atoms with Crippen molar-refractivity contribution < 1.29 is 9.53 Å². The molecule has 2 atom stereocenters. The Morgan fingerprint density at radius 3 is 2.57 bits per heavy atom. The molecule has 4 nitrogen and oxygen atoms in total. The first-order chi connectivity index (χ1) is 11.2. The van der Waals surface area contributed by atoms with E-state index in [1.807, 2.05) is 54.6 Å². The Morgan fingerprint density at radius 2 is 1.87 bits per heavy atom. The van der Waals surface area contributed by atoms with Gasteiger partial charge in [-0.1, -0.05) is 60.1 Å². The Bertz CT molecular complexity index is 678. The number of nitrogens with two attached hydrogens (primary N) is 1. The molecule has 0 saturated carbocycles. The lowest BCUT2D eigenvalue weighted by Crippen LogP contribution is -2.45. The summed E-state index contributed by atoms with van der Waals surface area (Å²) in [7, 11) is 0. The monoisotopic (exact) mass is 330 g/mol. The fraction of sp³-hybridized carbons (Fsp3) is 0.278. The topological polar surface area (TPSA) is 55.6 Å². The van der Waals surface area contributed by atoms with E-state index in [0.29, 0.717) is 24.7 Å². The van der Waals surface area contributed by atoms with Crippen molar-refractivity contribution in [3.05, 3.63) is 70.7 Å². The van der Waals surface area contributed by atoms with Crippen molar-refractivity contribution in [1.29, 1.82) is 0 Å². The van der Waals surface area contributed by atoms with Crippen molar-refractivity contribution >= 4 is 17.5 Å². The van der Waals surface area contributed by atoms with E-state index >= 15 is 0 Å². The summed E-state index contributed by atoms with van der Waals surface area (Å²) in [6.45, 7) is 1.77. The van der Waals surface area contributed by atoms with Crippen LogP contribution < -0.4 is 5.73 Å². The van der Waals surface area contributed by atoms with E-state index in [-0.39, 0.29) is 12.0 Å². The second-order valence-electron chi connectivity index (χ2n) is 5.59.